The summed E-state index contributed by atoms with van der Waals surface area (Å²) in [4.78, 5) is 13.1. The van der Waals surface area contributed by atoms with Crippen LogP contribution in [0.25, 0.3) is 0 Å². The van der Waals surface area contributed by atoms with E-state index in [2.05, 4.69) is 79.9 Å². The third-order valence-electron chi connectivity index (χ3n) is 14.1. The Kier molecular flexibility index (Phi) is 48.4. The zero-order chi connectivity index (χ0) is 51.5. The molecule has 7 atom stereocenters. The summed E-state index contributed by atoms with van der Waals surface area (Å²) in [5, 5.41) is 54.7. The number of hydrogen-bond acceptors (Lipinski definition) is 8. The maximum Gasteiger partial charge on any atom is 0.220 e. The van der Waals surface area contributed by atoms with Crippen LogP contribution < -0.4 is 5.32 Å². The number of carbonyl (C=O) groups is 1. The predicted octanol–water partition coefficient (Wildman–Crippen LogP) is 15.1. The molecule has 6 N–H and O–H groups in total. The van der Waals surface area contributed by atoms with Gasteiger partial charge in [-0.1, -0.05) is 267 Å². The Morgan fingerprint density at radius 3 is 1.28 bits per heavy atom. The molecule has 0 aromatic heterocycles. The van der Waals surface area contributed by atoms with E-state index in [1.807, 2.05) is 0 Å². The summed E-state index contributed by atoms with van der Waals surface area (Å²) in [6.45, 7) is 3.73. The number of hydrogen-bond donors (Lipinski definition) is 6. The van der Waals surface area contributed by atoms with E-state index in [1.54, 1.807) is 0 Å². The highest BCUT2D eigenvalue weighted by molar-refractivity contribution is 5.76. The molecule has 1 heterocycles. The van der Waals surface area contributed by atoms with Crippen LogP contribution in [0.1, 0.15) is 271 Å². The van der Waals surface area contributed by atoms with Gasteiger partial charge in [0.1, 0.15) is 24.4 Å². The van der Waals surface area contributed by atoms with Crippen molar-refractivity contribution in [2.24, 2.45) is 0 Å². The first-order valence-electron chi connectivity index (χ1n) is 30.0. The van der Waals surface area contributed by atoms with E-state index in [-0.39, 0.29) is 12.5 Å². The van der Waals surface area contributed by atoms with Gasteiger partial charge in [0, 0.05) is 6.42 Å². The Morgan fingerprint density at radius 1 is 0.493 bits per heavy atom. The number of unbranched alkanes of at least 4 members (excludes halogenated alkanes) is 31. The average Bonchev–Trinajstić information content (AvgIpc) is 3.37. The second-order valence-electron chi connectivity index (χ2n) is 20.8. The highest BCUT2D eigenvalue weighted by Gasteiger charge is 2.44. The summed E-state index contributed by atoms with van der Waals surface area (Å²) in [6.07, 6.45) is 62.6. The molecule has 0 aliphatic carbocycles. The average molecular weight is 1000 g/mol. The summed E-state index contributed by atoms with van der Waals surface area (Å²) in [6, 6.07) is -0.741. The largest absolute Gasteiger partial charge is 0.394 e. The molecule has 0 bridgehead atoms. The van der Waals surface area contributed by atoms with E-state index in [0.717, 1.165) is 77.0 Å². The van der Waals surface area contributed by atoms with Crippen molar-refractivity contribution < 1.29 is 39.8 Å². The summed E-state index contributed by atoms with van der Waals surface area (Å²) in [5.41, 5.74) is 0. The second-order valence-corrected chi connectivity index (χ2v) is 20.8. The highest BCUT2D eigenvalue weighted by atomic mass is 16.7. The lowest BCUT2D eigenvalue weighted by Crippen LogP contribution is -2.60. The Hall–Kier alpha value is -2.11. The topological polar surface area (TPSA) is 149 Å². The maximum absolute atomic E-state index is 13.1. The molecule has 0 spiro atoms. The number of amides is 1. The molecule has 1 saturated heterocycles. The minimum absolute atomic E-state index is 0.154. The molecular formula is C62H113NO8. The van der Waals surface area contributed by atoms with Gasteiger partial charge in [-0.3, -0.25) is 4.79 Å². The van der Waals surface area contributed by atoms with E-state index >= 15 is 0 Å². The van der Waals surface area contributed by atoms with E-state index in [1.165, 1.54) is 167 Å². The minimum Gasteiger partial charge on any atom is -0.394 e. The number of ether oxygens (including phenoxy) is 2. The van der Waals surface area contributed by atoms with Gasteiger partial charge in [0.25, 0.3) is 0 Å². The van der Waals surface area contributed by atoms with Crippen LogP contribution in [0.15, 0.2) is 60.8 Å². The zero-order valence-corrected chi connectivity index (χ0v) is 46.0. The first-order chi connectivity index (χ1) is 34.8. The molecule has 1 amide bonds. The van der Waals surface area contributed by atoms with Gasteiger partial charge in [-0.2, -0.15) is 0 Å². The third-order valence-corrected chi connectivity index (χ3v) is 14.1. The lowest BCUT2D eigenvalue weighted by Gasteiger charge is -2.40. The second kappa shape index (κ2) is 51.4. The molecule has 0 saturated carbocycles. The van der Waals surface area contributed by atoms with Crippen LogP contribution in [0, 0.1) is 0 Å². The van der Waals surface area contributed by atoms with Crippen molar-refractivity contribution >= 4 is 5.91 Å². The molecule has 9 heteroatoms. The lowest BCUT2D eigenvalue weighted by atomic mass is 9.99. The molecule has 1 rings (SSSR count). The maximum atomic E-state index is 13.1. The van der Waals surface area contributed by atoms with Crippen molar-refractivity contribution in [3.8, 4) is 0 Å². The van der Waals surface area contributed by atoms with Crippen molar-refractivity contribution in [2.45, 2.75) is 314 Å². The molecule has 1 aliphatic heterocycles. The van der Waals surface area contributed by atoms with E-state index in [0.29, 0.717) is 12.8 Å². The Bertz CT molecular complexity index is 1300. The summed E-state index contributed by atoms with van der Waals surface area (Å²) in [5.74, 6) is -0.174. The fraction of sp³-hybridized carbons (Fsp3) is 0.823. The van der Waals surface area contributed by atoms with Crippen LogP contribution in [0.4, 0.5) is 0 Å². The quantitative estimate of drug-likeness (QED) is 0.0261. The van der Waals surface area contributed by atoms with Gasteiger partial charge in [-0.15, -0.1) is 0 Å². The normalized spacial score (nSPS) is 19.7. The van der Waals surface area contributed by atoms with Gasteiger partial charge in [0.2, 0.25) is 5.91 Å². The fourth-order valence-electron chi connectivity index (χ4n) is 9.43. The standard InChI is InChI=1S/C62H113NO8/c1-3-5-7-9-11-13-15-17-19-21-23-24-25-26-27-28-29-30-31-32-34-35-37-39-41-43-45-47-49-51-56(65)55(54-70-62-61(69)60(68)59(67)57(53-64)71-62)63-58(66)52-50-48-46-44-42-40-38-36-33-22-20-18-16-14-12-10-8-6-4-2/h6,8,12,14,18,20,33,36,40,42,55-57,59-62,64-65,67-69H,3-5,7,9-11,13,15-17,19,21-32,34-35,37-39,41,43-54H2,1-2H3,(H,63,66)/b8-6-,14-12-,20-18-,36-33-,42-40-. The highest BCUT2D eigenvalue weighted by Crippen LogP contribution is 2.23. The van der Waals surface area contributed by atoms with Crippen LogP contribution in [0.2, 0.25) is 0 Å². The van der Waals surface area contributed by atoms with Crippen molar-refractivity contribution in [3.63, 3.8) is 0 Å². The first kappa shape index (κ1) is 66.9. The molecule has 414 valence electrons. The van der Waals surface area contributed by atoms with Crippen LogP contribution >= 0.6 is 0 Å². The molecule has 0 aromatic carbocycles. The number of carbonyl (C=O) groups excluding carboxylic acids is 1. The summed E-state index contributed by atoms with van der Waals surface area (Å²) in [7, 11) is 0. The third kappa shape index (κ3) is 40.9. The Labute approximate surface area is 436 Å². The van der Waals surface area contributed by atoms with Crippen molar-refractivity contribution in [2.75, 3.05) is 13.2 Å². The van der Waals surface area contributed by atoms with Crippen LogP contribution in [0.3, 0.4) is 0 Å². The molecule has 0 radical (unpaired) electrons. The monoisotopic (exact) mass is 1000 g/mol. The number of allylic oxidation sites excluding steroid dienone is 10. The summed E-state index contributed by atoms with van der Waals surface area (Å²) < 4.78 is 11.3. The zero-order valence-electron chi connectivity index (χ0n) is 46.0. The molecule has 7 unspecified atom stereocenters. The van der Waals surface area contributed by atoms with Crippen molar-refractivity contribution in [3.05, 3.63) is 60.8 Å². The molecule has 1 fully saturated rings. The van der Waals surface area contributed by atoms with Gasteiger partial charge in [0.15, 0.2) is 6.29 Å². The lowest BCUT2D eigenvalue weighted by molar-refractivity contribution is -0.302. The van der Waals surface area contributed by atoms with E-state index in [4.69, 9.17) is 9.47 Å². The molecule has 1 aliphatic rings. The molecule has 9 nitrogen and oxygen atoms in total. The smallest absolute Gasteiger partial charge is 0.220 e. The summed E-state index contributed by atoms with van der Waals surface area (Å²) >= 11 is 0. The van der Waals surface area contributed by atoms with Crippen molar-refractivity contribution in [1.82, 2.24) is 5.32 Å². The SMILES string of the molecule is CC/C=C\C/C=C\C/C=C\C/C=C\C/C=C\CCCCCC(=O)NC(COC1OC(CO)C(O)C(O)C1O)C(O)CCCCCCCCCCCCCCCCCCCCCCCCCCCCCCC. The molecule has 71 heavy (non-hydrogen) atoms. The van der Waals surface area contributed by atoms with E-state index in [9.17, 15) is 30.3 Å². The van der Waals surface area contributed by atoms with Crippen LogP contribution in [-0.2, 0) is 14.3 Å². The van der Waals surface area contributed by atoms with Gasteiger partial charge in [-0.25, -0.2) is 0 Å². The number of rotatable bonds is 51. The molecule has 0 aromatic rings. The van der Waals surface area contributed by atoms with Crippen LogP contribution in [-0.4, -0.2) is 87.5 Å². The predicted molar refractivity (Wildman–Crippen MR) is 299 cm³/mol. The van der Waals surface area contributed by atoms with E-state index < -0.39 is 49.5 Å². The first-order valence-corrected chi connectivity index (χ1v) is 30.0. The Morgan fingerprint density at radius 2 is 0.873 bits per heavy atom. The van der Waals surface area contributed by atoms with Gasteiger partial charge in [-0.05, 0) is 57.8 Å². The van der Waals surface area contributed by atoms with Gasteiger partial charge >= 0.3 is 0 Å². The Balaban J connectivity index is 2.19. The van der Waals surface area contributed by atoms with Gasteiger partial charge in [0.05, 0.1) is 25.4 Å². The van der Waals surface area contributed by atoms with Crippen molar-refractivity contribution in [1.29, 1.82) is 0 Å². The fourth-order valence-corrected chi connectivity index (χ4v) is 9.43. The number of aliphatic hydroxyl groups excluding tert-OH is 5. The van der Waals surface area contributed by atoms with Gasteiger partial charge < -0.3 is 40.3 Å². The number of nitrogens with one attached hydrogen (secondary N) is 1. The minimum atomic E-state index is -1.56. The molecular weight excluding hydrogens is 887 g/mol. The number of aliphatic hydroxyl groups is 5. The van der Waals surface area contributed by atoms with Crippen LogP contribution in [0.5, 0.6) is 0 Å².